The van der Waals surface area contributed by atoms with E-state index < -0.39 is 0 Å². The molecule has 1 aromatic carbocycles. The molecule has 0 bridgehead atoms. The second-order valence-electron chi connectivity index (χ2n) is 3.46. The fourth-order valence-electron chi connectivity index (χ4n) is 1.99. The maximum absolute atomic E-state index is 9.69. The van der Waals surface area contributed by atoms with Crippen molar-refractivity contribution < 1.29 is 9.84 Å². The van der Waals surface area contributed by atoms with Crippen molar-refractivity contribution in [1.29, 1.82) is 0 Å². The van der Waals surface area contributed by atoms with Crippen LogP contribution in [0, 0.1) is 0 Å². The molecule has 2 nitrogen and oxygen atoms in total. The summed E-state index contributed by atoms with van der Waals surface area (Å²) in [6.07, 6.45) is 1.28. The smallest absolute Gasteiger partial charge is 0.108 e. The van der Waals surface area contributed by atoms with E-state index in [1.807, 2.05) is 18.2 Å². The molecule has 1 aliphatic carbocycles. The molecule has 0 unspecified atom stereocenters. The highest BCUT2D eigenvalue weighted by Crippen LogP contribution is 2.31. The van der Waals surface area contributed by atoms with Crippen LogP contribution in [0.2, 0.25) is 0 Å². The second kappa shape index (κ2) is 3.48. The summed E-state index contributed by atoms with van der Waals surface area (Å²) in [5.74, 6) is 0. The Morgan fingerprint density at radius 3 is 2.92 bits per heavy atom. The Labute approximate surface area is 78.2 Å². The highest BCUT2D eigenvalue weighted by atomic mass is 16.5. The molecule has 1 aromatic rings. The molecule has 70 valence electrons. The number of aliphatic hydroxyl groups is 1. The van der Waals surface area contributed by atoms with Gasteiger partial charge in [0.05, 0.1) is 6.10 Å². The summed E-state index contributed by atoms with van der Waals surface area (Å²) in [6, 6.07) is 8.16. The predicted molar refractivity (Wildman–Crippen MR) is 50.5 cm³/mol. The van der Waals surface area contributed by atoms with E-state index in [0.717, 1.165) is 18.4 Å². The highest BCUT2D eigenvalue weighted by molar-refractivity contribution is 5.32. The van der Waals surface area contributed by atoms with Crippen LogP contribution < -0.4 is 0 Å². The molecule has 0 heterocycles. The summed E-state index contributed by atoms with van der Waals surface area (Å²) < 4.78 is 5.28. The van der Waals surface area contributed by atoms with E-state index in [1.165, 1.54) is 5.56 Å². The summed E-state index contributed by atoms with van der Waals surface area (Å²) in [6.45, 7) is 0. The fourth-order valence-corrected chi connectivity index (χ4v) is 1.99. The molecule has 1 N–H and O–H groups in total. The third-order valence-electron chi connectivity index (χ3n) is 2.67. The first kappa shape index (κ1) is 8.73. The molecular formula is C11H14O2. The van der Waals surface area contributed by atoms with Crippen LogP contribution in [0.3, 0.4) is 0 Å². The van der Waals surface area contributed by atoms with E-state index in [4.69, 9.17) is 4.74 Å². The molecule has 0 saturated heterocycles. The van der Waals surface area contributed by atoms with Crippen molar-refractivity contribution >= 4 is 0 Å². The molecule has 0 radical (unpaired) electrons. The summed E-state index contributed by atoms with van der Waals surface area (Å²) in [4.78, 5) is 0. The number of hydrogen-bond donors (Lipinski definition) is 1. The Hall–Kier alpha value is -0.860. The van der Waals surface area contributed by atoms with Gasteiger partial charge in [-0.1, -0.05) is 24.3 Å². The molecule has 2 atom stereocenters. The quantitative estimate of drug-likeness (QED) is 0.709. The number of hydrogen-bond acceptors (Lipinski definition) is 2. The van der Waals surface area contributed by atoms with Gasteiger partial charge in [-0.05, 0) is 24.0 Å². The van der Waals surface area contributed by atoms with E-state index in [0.29, 0.717) is 0 Å². The summed E-state index contributed by atoms with van der Waals surface area (Å²) in [7, 11) is 1.65. The standard InChI is InChI=1S/C11H14O2/c1-13-11-9-5-3-2-4-8(9)6-7-10(11)12/h2-5,10-12H,6-7H2,1H3/t10-,11-/m0/s1. The lowest BCUT2D eigenvalue weighted by Gasteiger charge is -2.28. The van der Waals surface area contributed by atoms with Crippen LogP contribution >= 0.6 is 0 Å². The Balaban J connectivity index is 2.39. The number of aryl methyl sites for hydroxylation is 1. The minimum Gasteiger partial charge on any atom is -0.390 e. The molecule has 0 spiro atoms. The van der Waals surface area contributed by atoms with Gasteiger partial charge in [-0.3, -0.25) is 0 Å². The van der Waals surface area contributed by atoms with Gasteiger partial charge in [-0.15, -0.1) is 0 Å². The SMILES string of the molecule is CO[C@H]1c2ccccc2CC[C@@H]1O. The zero-order chi connectivity index (χ0) is 9.26. The monoisotopic (exact) mass is 178 g/mol. The third-order valence-corrected chi connectivity index (χ3v) is 2.67. The Bertz CT molecular complexity index is 296. The fraction of sp³-hybridized carbons (Fsp3) is 0.455. The van der Waals surface area contributed by atoms with E-state index in [2.05, 4.69) is 6.07 Å². The lowest BCUT2D eigenvalue weighted by atomic mass is 9.87. The second-order valence-corrected chi connectivity index (χ2v) is 3.46. The van der Waals surface area contributed by atoms with Crippen LogP contribution in [0.5, 0.6) is 0 Å². The van der Waals surface area contributed by atoms with Gasteiger partial charge in [-0.2, -0.15) is 0 Å². The summed E-state index contributed by atoms with van der Waals surface area (Å²) in [5, 5.41) is 9.69. The van der Waals surface area contributed by atoms with Gasteiger partial charge in [0.25, 0.3) is 0 Å². The van der Waals surface area contributed by atoms with Crippen LogP contribution in [0.4, 0.5) is 0 Å². The van der Waals surface area contributed by atoms with Crippen LogP contribution in [-0.4, -0.2) is 18.3 Å². The minimum atomic E-state index is -0.347. The van der Waals surface area contributed by atoms with Gasteiger partial charge in [0.15, 0.2) is 0 Å². The number of rotatable bonds is 1. The van der Waals surface area contributed by atoms with E-state index in [9.17, 15) is 5.11 Å². The molecule has 0 saturated carbocycles. The number of methoxy groups -OCH3 is 1. The normalized spacial score (nSPS) is 26.9. The lowest BCUT2D eigenvalue weighted by Crippen LogP contribution is -2.26. The van der Waals surface area contributed by atoms with E-state index >= 15 is 0 Å². The number of benzene rings is 1. The van der Waals surface area contributed by atoms with Gasteiger partial charge < -0.3 is 9.84 Å². The van der Waals surface area contributed by atoms with Crippen molar-refractivity contribution in [3.8, 4) is 0 Å². The molecule has 2 rings (SSSR count). The molecule has 0 aromatic heterocycles. The number of aliphatic hydroxyl groups excluding tert-OH is 1. The van der Waals surface area contributed by atoms with Crippen molar-refractivity contribution in [2.24, 2.45) is 0 Å². The highest BCUT2D eigenvalue weighted by Gasteiger charge is 2.27. The number of ether oxygens (including phenoxy) is 1. The average molecular weight is 178 g/mol. The van der Waals surface area contributed by atoms with Gasteiger partial charge >= 0.3 is 0 Å². The maximum Gasteiger partial charge on any atom is 0.108 e. The Morgan fingerprint density at radius 1 is 1.38 bits per heavy atom. The minimum absolute atomic E-state index is 0.134. The Morgan fingerprint density at radius 2 is 2.15 bits per heavy atom. The largest absolute Gasteiger partial charge is 0.390 e. The third kappa shape index (κ3) is 1.47. The molecule has 13 heavy (non-hydrogen) atoms. The van der Waals surface area contributed by atoms with Crippen molar-refractivity contribution in [2.45, 2.75) is 25.0 Å². The molecule has 0 amide bonds. The molecule has 1 aliphatic rings. The van der Waals surface area contributed by atoms with Gasteiger partial charge in [0.1, 0.15) is 6.10 Å². The molecule has 0 fully saturated rings. The van der Waals surface area contributed by atoms with Crippen molar-refractivity contribution in [2.75, 3.05) is 7.11 Å². The van der Waals surface area contributed by atoms with Gasteiger partial charge in [0.2, 0.25) is 0 Å². The average Bonchev–Trinajstić information content (AvgIpc) is 2.18. The Kier molecular flexibility index (Phi) is 2.34. The summed E-state index contributed by atoms with van der Waals surface area (Å²) in [5.41, 5.74) is 2.45. The predicted octanol–water partition coefficient (Wildman–Crippen LogP) is 1.68. The first-order valence-corrected chi connectivity index (χ1v) is 4.61. The van der Waals surface area contributed by atoms with Gasteiger partial charge in [-0.25, -0.2) is 0 Å². The van der Waals surface area contributed by atoms with Crippen molar-refractivity contribution in [1.82, 2.24) is 0 Å². The first-order valence-electron chi connectivity index (χ1n) is 4.61. The van der Waals surface area contributed by atoms with Crippen LogP contribution in [0.1, 0.15) is 23.7 Å². The van der Waals surface area contributed by atoms with Crippen LogP contribution in [0.25, 0.3) is 0 Å². The topological polar surface area (TPSA) is 29.5 Å². The lowest BCUT2D eigenvalue weighted by molar-refractivity contribution is -0.0233. The van der Waals surface area contributed by atoms with Crippen molar-refractivity contribution in [3.05, 3.63) is 35.4 Å². The van der Waals surface area contributed by atoms with Gasteiger partial charge in [0, 0.05) is 7.11 Å². The molecule has 0 aliphatic heterocycles. The zero-order valence-electron chi connectivity index (χ0n) is 7.73. The summed E-state index contributed by atoms with van der Waals surface area (Å²) >= 11 is 0. The van der Waals surface area contributed by atoms with Crippen LogP contribution in [0.15, 0.2) is 24.3 Å². The maximum atomic E-state index is 9.69. The molecular weight excluding hydrogens is 164 g/mol. The number of fused-ring (bicyclic) bond motifs is 1. The van der Waals surface area contributed by atoms with E-state index in [1.54, 1.807) is 7.11 Å². The van der Waals surface area contributed by atoms with Crippen molar-refractivity contribution in [3.63, 3.8) is 0 Å². The first-order chi connectivity index (χ1) is 6.33. The van der Waals surface area contributed by atoms with Crippen LogP contribution in [-0.2, 0) is 11.2 Å². The zero-order valence-corrected chi connectivity index (χ0v) is 7.73. The van der Waals surface area contributed by atoms with E-state index in [-0.39, 0.29) is 12.2 Å². The molecule has 2 heteroatoms.